The monoisotopic (exact) mass is 219 g/mol. The smallest absolute Gasteiger partial charge is 0.240 e. The third-order valence-electron chi connectivity index (χ3n) is 2.18. The predicted octanol–water partition coefficient (Wildman–Crippen LogP) is 1.42. The Morgan fingerprint density at radius 1 is 1.56 bits per heavy atom. The summed E-state index contributed by atoms with van der Waals surface area (Å²) in [6.07, 6.45) is 0. The number of hydrogen-bond donors (Lipinski definition) is 2. The van der Waals surface area contributed by atoms with Crippen LogP contribution in [0.4, 0.5) is 5.69 Å². The third-order valence-corrected chi connectivity index (χ3v) is 2.18. The Balaban J connectivity index is 2.29. The van der Waals surface area contributed by atoms with Gasteiger partial charge in [-0.25, -0.2) is 4.98 Å². The highest BCUT2D eigenvalue weighted by Crippen LogP contribution is 2.19. The maximum Gasteiger partial charge on any atom is 0.240 e. The molecule has 0 radical (unpaired) electrons. The van der Waals surface area contributed by atoms with Crippen molar-refractivity contribution in [2.75, 3.05) is 5.32 Å². The molecule has 0 spiro atoms. The van der Waals surface area contributed by atoms with Gasteiger partial charge in [0.05, 0.1) is 6.04 Å². The number of carbonyl (C=O) groups is 1. The summed E-state index contributed by atoms with van der Waals surface area (Å²) in [5, 5.41) is 2.70. The number of amides is 1. The SMILES string of the molecule is Cc1nc2cc(NC(=O)[C@H](C)N)ccc2o1. The van der Waals surface area contributed by atoms with Crippen LogP contribution in [0.2, 0.25) is 0 Å². The Bertz CT molecular complexity index is 531. The van der Waals surface area contributed by atoms with Crippen molar-refractivity contribution in [2.45, 2.75) is 19.9 Å². The molecule has 1 amide bonds. The number of fused-ring (bicyclic) bond motifs is 1. The average molecular weight is 219 g/mol. The highest BCUT2D eigenvalue weighted by Gasteiger charge is 2.09. The van der Waals surface area contributed by atoms with Crippen LogP contribution in [0.25, 0.3) is 11.1 Å². The van der Waals surface area contributed by atoms with Gasteiger partial charge in [-0.1, -0.05) is 0 Å². The molecular weight excluding hydrogens is 206 g/mol. The van der Waals surface area contributed by atoms with Crippen molar-refractivity contribution in [2.24, 2.45) is 5.73 Å². The number of nitrogens with one attached hydrogen (secondary N) is 1. The van der Waals surface area contributed by atoms with E-state index in [1.54, 1.807) is 32.0 Å². The fourth-order valence-electron chi connectivity index (χ4n) is 1.38. The molecule has 84 valence electrons. The van der Waals surface area contributed by atoms with Crippen LogP contribution in [0.5, 0.6) is 0 Å². The number of benzene rings is 1. The van der Waals surface area contributed by atoms with Crippen LogP contribution < -0.4 is 11.1 Å². The van der Waals surface area contributed by atoms with Gasteiger partial charge in [-0.2, -0.15) is 0 Å². The summed E-state index contributed by atoms with van der Waals surface area (Å²) < 4.78 is 5.33. The number of nitrogens with zero attached hydrogens (tertiary/aromatic N) is 1. The van der Waals surface area contributed by atoms with E-state index < -0.39 is 6.04 Å². The lowest BCUT2D eigenvalue weighted by Crippen LogP contribution is -2.32. The number of rotatable bonds is 2. The largest absolute Gasteiger partial charge is 0.441 e. The zero-order chi connectivity index (χ0) is 11.7. The lowest BCUT2D eigenvalue weighted by Gasteiger charge is -2.06. The summed E-state index contributed by atoms with van der Waals surface area (Å²) in [6, 6.07) is 4.75. The Morgan fingerprint density at radius 2 is 2.31 bits per heavy atom. The summed E-state index contributed by atoms with van der Waals surface area (Å²) in [6.45, 7) is 3.41. The molecule has 1 heterocycles. The summed E-state index contributed by atoms with van der Waals surface area (Å²) in [4.78, 5) is 15.6. The van der Waals surface area contributed by atoms with Crippen molar-refractivity contribution in [1.29, 1.82) is 0 Å². The van der Waals surface area contributed by atoms with E-state index in [1.807, 2.05) is 0 Å². The standard InChI is InChI=1S/C11H13N3O2/c1-6(12)11(15)14-8-3-4-10-9(5-8)13-7(2)16-10/h3-6H,12H2,1-2H3,(H,14,15)/t6-/m0/s1. The molecule has 5 nitrogen and oxygen atoms in total. The van der Waals surface area contributed by atoms with Crippen molar-refractivity contribution in [3.63, 3.8) is 0 Å². The van der Waals surface area contributed by atoms with E-state index in [0.29, 0.717) is 17.2 Å². The number of anilines is 1. The fraction of sp³-hybridized carbons (Fsp3) is 0.273. The Morgan fingerprint density at radius 3 is 3.00 bits per heavy atom. The Hall–Kier alpha value is -1.88. The lowest BCUT2D eigenvalue weighted by molar-refractivity contribution is -0.117. The highest BCUT2D eigenvalue weighted by atomic mass is 16.3. The first-order valence-corrected chi connectivity index (χ1v) is 5.00. The Labute approximate surface area is 92.6 Å². The first kappa shape index (κ1) is 10.6. The molecule has 0 aliphatic heterocycles. The van der Waals surface area contributed by atoms with Gasteiger partial charge in [0.2, 0.25) is 5.91 Å². The molecule has 16 heavy (non-hydrogen) atoms. The molecule has 5 heteroatoms. The molecule has 1 aromatic heterocycles. The zero-order valence-corrected chi connectivity index (χ0v) is 9.15. The van der Waals surface area contributed by atoms with E-state index in [9.17, 15) is 4.79 Å². The summed E-state index contributed by atoms with van der Waals surface area (Å²) in [5.74, 6) is 0.380. The van der Waals surface area contributed by atoms with Gasteiger partial charge >= 0.3 is 0 Å². The van der Waals surface area contributed by atoms with Crippen molar-refractivity contribution in [1.82, 2.24) is 4.98 Å². The first-order chi connectivity index (χ1) is 7.56. The molecule has 2 aromatic rings. The minimum Gasteiger partial charge on any atom is -0.441 e. The van der Waals surface area contributed by atoms with Gasteiger partial charge in [-0.3, -0.25) is 4.79 Å². The van der Waals surface area contributed by atoms with E-state index in [1.165, 1.54) is 0 Å². The van der Waals surface area contributed by atoms with E-state index in [2.05, 4.69) is 10.3 Å². The molecule has 1 atom stereocenters. The summed E-state index contributed by atoms with van der Waals surface area (Å²) >= 11 is 0. The van der Waals surface area contributed by atoms with Gasteiger partial charge in [0.15, 0.2) is 11.5 Å². The van der Waals surface area contributed by atoms with E-state index in [4.69, 9.17) is 10.2 Å². The maximum absolute atomic E-state index is 11.4. The van der Waals surface area contributed by atoms with Crippen molar-refractivity contribution in [3.8, 4) is 0 Å². The third kappa shape index (κ3) is 2.04. The molecule has 3 N–H and O–H groups in total. The quantitative estimate of drug-likeness (QED) is 0.800. The van der Waals surface area contributed by atoms with Gasteiger partial charge in [0.25, 0.3) is 0 Å². The second-order valence-electron chi connectivity index (χ2n) is 3.69. The minimum atomic E-state index is -0.533. The molecule has 0 aliphatic carbocycles. The molecule has 0 aliphatic rings. The van der Waals surface area contributed by atoms with E-state index in [-0.39, 0.29) is 5.91 Å². The molecule has 0 unspecified atom stereocenters. The average Bonchev–Trinajstić information content (AvgIpc) is 2.57. The van der Waals surface area contributed by atoms with Crippen LogP contribution in [-0.2, 0) is 4.79 Å². The van der Waals surface area contributed by atoms with Crippen LogP contribution >= 0.6 is 0 Å². The van der Waals surface area contributed by atoms with Gasteiger partial charge in [-0.05, 0) is 25.1 Å². The maximum atomic E-state index is 11.4. The summed E-state index contributed by atoms with van der Waals surface area (Å²) in [5.41, 5.74) is 7.55. The minimum absolute atomic E-state index is 0.223. The van der Waals surface area contributed by atoms with Crippen LogP contribution in [0.15, 0.2) is 22.6 Å². The molecule has 0 bridgehead atoms. The number of aromatic nitrogens is 1. The first-order valence-electron chi connectivity index (χ1n) is 5.00. The van der Waals surface area contributed by atoms with Gasteiger partial charge in [-0.15, -0.1) is 0 Å². The molecule has 0 saturated carbocycles. The number of hydrogen-bond acceptors (Lipinski definition) is 4. The molecular formula is C11H13N3O2. The fourth-order valence-corrected chi connectivity index (χ4v) is 1.38. The second-order valence-corrected chi connectivity index (χ2v) is 3.69. The van der Waals surface area contributed by atoms with Crippen molar-refractivity contribution >= 4 is 22.7 Å². The van der Waals surface area contributed by atoms with Gasteiger partial charge in [0, 0.05) is 12.6 Å². The van der Waals surface area contributed by atoms with Crippen LogP contribution in [0.3, 0.4) is 0 Å². The normalized spacial score (nSPS) is 12.7. The van der Waals surface area contributed by atoms with Crippen molar-refractivity contribution < 1.29 is 9.21 Å². The number of oxazole rings is 1. The zero-order valence-electron chi connectivity index (χ0n) is 9.15. The molecule has 2 rings (SSSR count). The van der Waals surface area contributed by atoms with Gasteiger partial charge in [0.1, 0.15) is 5.52 Å². The van der Waals surface area contributed by atoms with E-state index in [0.717, 1.165) is 5.52 Å². The number of aryl methyl sites for hydroxylation is 1. The molecule has 1 aromatic carbocycles. The molecule has 0 fully saturated rings. The van der Waals surface area contributed by atoms with Crippen LogP contribution in [0.1, 0.15) is 12.8 Å². The van der Waals surface area contributed by atoms with Crippen LogP contribution in [0, 0.1) is 6.92 Å². The molecule has 0 saturated heterocycles. The Kier molecular flexibility index (Phi) is 2.62. The predicted molar refractivity (Wildman–Crippen MR) is 61.0 cm³/mol. The lowest BCUT2D eigenvalue weighted by atomic mass is 10.2. The van der Waals surface area contributed by atoms with Crippen molar-refractivity contribution in [3.05, 3.63) is 24.1 Å². The van der Waals surface area contributed by atoms with Crippen LogP contribution in [-0.4, -0.2) is 16.9 Å². The van der Waals surface area contributed by atoms with E-state index >= 15 is 0 Å². The number of nitrogens with two attached hydrogens (primary N) is 1. The van der Waals surface area contributed by atoms with Gasteiger partial charge < -0.3 is 15.5 Å². The number of carbonyl (C=O) groups excluding carboxylic acids is 1. The topological polar surface area (TPSA) is 81.2 Å². The summed E-state index contributed by atoms with van der Waals surface area (Å²) in [7, 11) is 0. The second kappa shape index (κ2) is 3.94. The highest BCUT2D eigenvalue weighted by molar-refractivity contribution is 5.95.